The Morgan fingerprint density at radius 1 is 1.07 bits per heavy atom. The molecule has 1 aliphatic rings. The quantitative estimate of drug-likeness (QED) is 0.216. The van der Waals surface area contributed by atoms with Crippen LogP contribution in [0.5, 0.6) is 0 Å². The van der Waals surface area contributed by atoms with Crippen LogP contribution in [-0.4, -0.2) is 69.3 Å². The van der Waals surface area contributed by atoms with Crippen molar-refractivity contribution in [3.05, 3.63) is 64.9 Å². The molecule has 0 spiro atoms. The number of carboxylic acid groups (broad SMARTS) is 1. The number of aliphatic carboxylic acids is 1. The van der Waals surface area contributed by atoms with E-state index in [2.05, 4.69) is 33.7 Å². The van der Waals surface area contributed by atoms with Crippen LogP contribution in [-0.2, 0) is 16.6 Å². The second-order valence-corrected chi connectivity index (χ2v) is 13.8. The maximum absolute atomic E-state index is 12.7. The van der Waals surface area contributed by atoms with Gasteiger partial charge in [0.05, 0.1) is 21.5 Å². The van der Waals surface area contributed by atoms with Gasteiger partial charge >= 0.3 is 5.97 Å². The average molecular weight is 618 g/mol. The number of ether oxygens (including phenoxy) is 1. The third-order valence-corrected chi connectivity index (χ3v) is 9.29. The molecule has 2 aromatic carbocycles. The summed E-state index contributed by atoms with van der Waals surface area (Å²) in [5, 5.41) is 12.9. The monoisotopic (exact) mass is 617 g/mol. The van der Waals surface area contributed by atoms with Gasteiger partial charge in [-0.15, -0.1) is 11.3 Å². The molecular formula is C33H36ClN5O3S. The third kappa shape index (κ3) is 5.74. The fourth-order valence-corrected chi connectivity index (χ4v) is 7.05. The summed E-state index contributed by atoms with van der Waals surface area (Å²) in [7, 11) is 4.19. The van der Waals surface area contributed by atoms with Crippen molar-refractivity contribution in [1.82, 2.24) is 19.4 Å². The molecule has 0 aliphatic carbocycles. The van der Waals surface area contributed by atoms with Gasteiger partial charge in [-0.25, -0.2) is 14.8 Å². The number of hydrogen-bond acceptors (Lipinski definition) is 7. The number of piperazine rings is 1. The Balaban J connectivity index is 1.53. The molecular weight excluding hydrogens is 582 g/mol. The van der Waals surface area contributed by atoms with E-state index in [1.165, 1.54) is 5.69 Å². The highest BCUT2D eigenvalue weighted by atomic mass is 35.5. The first-order valence-corrected chi connectivity index (χ1v) is 15.6. The minimum absolute atomic E-state index is 0.610. The summed E-state index contributed by atoms with van der Waals surface area (Å²) in [6, 6.07) is 11.7. The van der Waals surface area contributed by atoms with Crippen LogP contribution in [0.2, 0.25) is 5.02 Å². The molecule has 1 fully saturated rings. The van der Waals surface area contributed by atoms with Gasteiger partial charge in [-0.05, 0) is 70.1 Å². The lowest BCUT2D eigenvalue weighted by Gasteiger charge is -2.33. The van der Waals surface area contributed by atoms with E-state index >= 15 is 0 Å². The van der Waals surface area contributed by atoms with Crippen molar-refractivity contribution in [2.75, 3.05) is 38.1 Å². The predicted octanol–water partition coefficient (Wildman–Crippen LogP) is 7.17. The fraction of sp³-hybridized carbons (Fsp3) is 0.364. The zero-order valence-electron chi connectivity index (χ0n) is 25.3. The Morgan fingerprint density at radius 3 is 2.42 bits per heavy atom. The summed E-state index contributed by atoms with van der Waals surface area (Å²) >= 11 is 7.80. The normalized spacial score (nSPS) is 15.5. The van der Waals surface area contributed by atoms with Crippen molar-refractivity contribution < 1.29 is 14.6 Å². The molecule has 10 heteroatoms. The summed E-state index contributed by atoms with van der Waals surface area (Å²) in [6.07, 6.45) is 2.89. The molecule has 3 aromatic heterocycles. The molecule has 43 heavy (non-hydrogen) atoms. The number of fused-ring (bicyclic) bond motifs is 2. The lowest BCUT2D eigenvalue weighted by molar-refractivity contribution is -0.160. The lowest BCUT2D eigenvalue weighted by Crippen LogP contribution is -2.44. The highest BCUT2D eigenvalue weighted by Crippen LogP contribution is 2.45. The van der Waals surface area contributed by atoms with E-state index in [4.69, 9.17) is 26.3 Å². The number of pyridine rings is 1. The van der Waals surface area contributed by atoms with Crippen molar-refractivity contribution in [1.29, 1.82) is 0 Å². The first kappa shape index (κ1) is 29.6. The van der Waals surface area contributed by atoms with Crippen LogP contribution in [0.25, 0.3) is 42.9 Å². The van der Waals surface area contributed by atoms with Crippen LogP contribution < -0.4 is 4.90 Å². The molecule has 0 bridgehead atoms. The largest absolute Gasteiger partial charge is 0.479 e. The third-order valence-electron chi connectivity index (χ3n) is 7.90. The molecule has 5 aromatic rings. The number of halogens is 1. The van der Waals surface area contributed by atoms with Gasteiger partial charge in [-0.1, -0.05) is 23.7 Å². The van der Waals surface area contributed by atoms with E-state index in [0.717, 1.165) is 74.7 Å². The number of anilines is 1. The molecule has 6 rings (SSSR count). The van der Waals surface area contributed by atoms with E-state index in [1.54, 1.807) is 11.3 Å². The fourth-order valence-electron chi connectivity index (χ4n) is 5.82. The molecule has 0 unspecified atom stereocenters. The summed E-state index contributed by atoms with van der Waals surface area (Å²) < 4.78 is 9.14. The van der Waals surface area contributed by atoms with Crippen molar-refractivity contribution in [3.8, 4) is 21.7 Å². The van der Waals surface area contributed by atoms with Crippen LogP contribution in [0.4, 0.5) is 5.69 Å². The summed E-state index contributed by atoms with van der Waals surface area (Å²) in [5.41, 5.74) is 6.28. The maximum Gasteiger partial charge on any atom is 0.337 e. The van der Waals surface area contributed by atoms with Gasteiger partial charge in [-0.2, -0.15) is 0 Å². The van der Waals surface area contributed by atoms with Gasteiger partial charge in [0.25, 0.3) is 0 Å². The van der Waals surface area contributed by atoms with Crippen molar-refractivity contribution in [3.63, 3.8) is 0 Å². The molecule has 1 N–H and O–H groups in total. The number of carboxylic acids is 1. The Hall–Kier alpha value is -3.50. The Kier molecular flexibility index (Phi) is 7.71. The van der Waals surface area contributed by atoms with E-state index in [-0.39, 0.29) is 0 Å². The van der Waals surface area contributed by atoms with Gasteiger partial charge in [0.1, 0.15) is 10.7 Å². The molecule has 0 radical (unpaired) electrons. The standard InChI is InChI=1S/C33H36ClN5O3S/c1-19-15-24-29(27(20-7-9-22(34)10-8-20)26(19)28(32(40)41)42-33(2,3)4)43-31(36-24)21-16-23-25(18-38(6)30(23)35-17-21)39-13-11-37(5)12-14-39/h7-10,15-18,28H,11-14H2,1-6H3,(H,40,41)/t28-/m0/s1. The Bertz CT molecular complexity index is 1830. The van der Waals surface area contributed by atoms with Crippen LogP contribution in [0.15, 0.2) is 48.8 Å². The SMILES string of the molecule is Cc1cc2nc(-c3cnc4c(c3)c(N3CCN(C)CC3)cn4C)sc2c(-c2ccc(Cl)cc2)c1[C@H](OC(C)(C)C)C(=O)O. The number of hydrogen-bond donors (Lipinski definition) is 1. The molecule has 1 saturated heterocycles. The topological polar surface area (TPSA) is 83.7 Å². The van der Waals surface area contributed by atoms with Crippen LogP contribution in [0.1, 0.15) is 38.0 Å². The molecule has 224 valence electrons. The smallest absolute Gasteiger partial charge is 0.337 e. The second-order valence-electron chi connectivity index (χ2n) is 12.3. The van der Waals surface area contributed by atoms with Crippen LogP contribution in [0, 0.1) is 6.92 Å². The highest BCUT2D eigenvalue weighted by molar-refractivity contribution is 7.22. The molecule has 0 saturated carbocycles. The Labute approximate surface area is 260 Å². The lowest BCUT2D eigenvalue weighted by atomic mass is 9.91. The van der Waals surface area contributed by atoms with E-state index in [9.17, 15) is 9.90 Å². The van der Waals surface area contributed by atoms with Crippen LogP contribution in [0.3, 0.4) is 0 Å². The summed E-state index contributed by atoms with van der Waals surface area (Å²) in [6.45, 7) is 11.5. The van der Waals surface area contributed by atoms with Crippen molar-refractivity contribution in [2.24, 2.45) is 7.05 Å². The van der Waals surface area contributed by atoms with Gasteiger partial charge in [-0.3, -0.25) is 0 Å². The van der Waals surface area contributed by atoms with Gasteiger partial charge < -0.3 is 24.2 Å². The first-order chi connectivity index (χ1) is 20.4. The highest BCUT2D eigenvalue weighted by Gasteiger charge is 2.32. The minimum atomic E-state index is -1.16. The average Bonchev–Trinajstić information content (AvgIpc) is 3.52. The van der Waals surface area contributed by atoms with E-state index < -0.39 is 17.7 Å². The van der Waals surface area contributed by atoms with Gasteiger partial charge in [0, 0.05) is 72.7 Å². The van der Waals surface area contributed by atoms with E-state index in [0.29, 0.717) is 10.6 Å². The summed E-state index contributed by atoms with van der Waals surface area (Å²) in [4.78, 5) is 27.4. The number of rotatable bonds is 6. The zero-order chi connectivity index (χ0) is 30.6. The van der Waals surface area contributed by atoms with Gasteiger partial charge in [0.2, 0.25) is 0 Å². The number of aryl methyl sites for hydroxylation is 2. The van der Waals surface area contributed by atoms with Crippen molar-refractivity contribution in [2.45, 2.75) is 39.4 Å². The number of benzene rings is 2. The van der Waals surface area contributed by atoms with Crippen molar-refractivity contribution >= 4 is 55.8 Å². The number of aromatic nitrogens is 3. The molecule has 1 atom stereocenters. The number of thiazole rings is 1. The number of carbonyl (C=O) groups is 1. The second kappa shape index (κ2) is 11.2. The zero-order valence-corrected chi connectivity index (χ0v) is 26.9. The molecule has 4 heterocycles. The first-order valence-electron chi connectivity index (χ1n) is 14.4. The molecule has 0 amide bonds. The number of likely N-dealkylation sites (N-methyl/N-ethyl adjacent to an activating group) is 1. The molecule has 8 nitrogen and oxygen atoms in total. The predicted molar refractivity (Wildman–Crippen MR) is 175 cm³/mol. The molecule has 1 aliphatic heterocycles. The van der Waals surface area contributed by atoms with Crippen LogP contribution >= 0.6 is 22.9 Å². The number of nitrogens with zero attached hydrogens (tertiary/aromatic N) is 5. The van der Waals surface area contributed by atoms with Gasteiger partial charge in [0.15, 0.2) is 6.10 Å². The van der Waals surface area contributed by atoms with E-state index in [1.807, 2.05) is 71.3 Å². The minimum Gasteiger partial charge on any atom is -0.479 e. The Morgan fingerprint density at radius 2 is 1.77 bits per heavy atom. The summed E-state index contributed by atoms with van der Waals surface area (Å²) in [5.74, 6) is -1.03. The maximum atomic E-state index is 12.7.